The molecule has 0 saturated heterocycles. The third kappa shape index (κ3) is 1.20. The number of rotatable bonds is 0. The molecule has 1 unspecified atom stereocenters. The molecule has 1 atom stereocenters. The molecule has 2 heterocycles. The van der Waals surface area contributed by atoms with E-state index in [0.29, 0.717) is 3.92 Å². The number of alkyl halides is 1. The van der Waals surface area contributed by atoms with E-state index in [1.54, 1.807) is 6.20 Å². The Labute approximate surface area is 83.5 Å². The summed E-state index contributed by atoms with van der Waals surface area (Å²) < 4.78 is 0.462. The third-order valence-electron chi connectivity index (χ3n) is 1.70. The molecular formula is C7H6ClIN2. The number of halogens is 2. The van der Waals surface area contributed by atoms with Crippen LogP contribution < -0.4 is 5.32 Å². The number of hydrogen-bond acceptors (Lipinski definition) is 2. The van der Waals surface area contributed by atoms with Crippen LogP contribution in [0.2, 0.25) is 5.02 Å². The normalized spacial score (nSPS) is 21.1. The summed E-state index contributed by atoms with van der Waals surface area (Å²) in [4.78, 5) is 4.17. The Morgan fingerprint density at radius 1 is 1.73 bits per heavy atom. The highest BCUT2D eigenvalue weighted by molar-refractivity contribution is 14.1. The minimum absolute atomic E-state index is 0.462. The van der Waals surface area contributed by atoms with Crippen LogP contribution in [-0.2, 0) is 0 Å². The molecule has 1 aliphatic rings. The van der Waals surface area contributed by atoms with Crippen LogP contribution >= 0.6 is 34.2 Å². The molecule has 1 aromatic heterocycles. The predicted molar refractivity (Wildman–Crippen MR) is 54.5 cm³/mol. The third-order valence-corrected chi connectivity index (χ3v) is 3.09. The lowest BCUT2D eigenvalue weighted by Crippen LogP contribution is -1.94. The summed E-state index contributed by atoms with van der Waals surface area (Å²) in [5, 5.41) is 4.01. The molecule has 11 heavy (non-hydrogen) atoms. The number of anilines is 1. The summed E-state index contributed by atoms with van der Waals surface area (Å²) >= 11 is 8.34. The van der Waals surface area contributed by atoms with Gasteiger partial charge in [0.15, 0.2) is 0 Å². The maximum atomic E-state index is 5.98. The first-order valence-electron chi connectivity index (χ1n) is 3.31. The van der Waals surface area contributed by atoms with Crippen LogP contribution in [0.5, 0.6) is 0 Å². The maximum absolute atomic E-state index is 5.98. The Hall–Kier alpha value is -0.0300. The molecular weight excluding hydrogens is 274 g/mol. The Morgan fingerprint density at radius 3 is 3.27 bits per heavy atom. The number of fused-ring (bicyclic) bond motifs is 1. The van der Waals surface area contributed by atoms with Gasteiger partial charge in [-0.1, -0.05) is 34.2 Å². The van der Waals surface area contributed by atoms with Crippen LogP contribution in [0.25, 0.3) is 0 Å². The highest BCUT2D eigenvalue weighted by atomic mass is 127. The van der Waals surface area contributed by atoms with Crippen molar-refractivity contribution in [3.63, 3.8) is 0 Å². The average Bonchev–Trinajstić information content (AvgIpc) is 2.34. The standard InChI is InChI=1S/C7H6ClIN2/c8-4-1-2-10-7-6(4)5(9)3-11-7/h1-2,5H,3H2,(H,10,11). The summed E-state index contributed by atoms with van der Waals surface area (Å²) in [5.74, 6) is 0.942. The van der Waals surface area contributed by atoms with Crippen LogP contribution in [0.15, 0.2) is 12.3 Å². The average molecular weight is 280 g/mol. The van der Waals surface area contributed by atoms with Crippen molar-refractivity contribution >= 4 is 40.0 Å². The smallest absolute Gasteiger partial charge is 0.131 e. The second-order valence-corrected chi connectivity index (χ2v) is 4.31. The number of hydrogen-bond donors (Lipinski definition) is 1. The Bertz CT molecular complexity index is 290. The maximum Gasteiger partial charge on any atom is 0.131 e. The SMILES string of the molecule is Clc1ccnc2c1C(I)CN2. The van der Waals surface area contributed by atoms with Crippen LogP contribution in [-0.4, -0.2) is 11.5 Å². The summed E-state index contributed by atoms with van der Waals surface area (Å²) in [7, 11) is 0. The van der Waals surface area contributed by atoms with Gasteiger partial charge < -0.3 is 5.32 Å². The molecule has 2 nitrogen and oxygen atoms in total. The van der Waals surface area contributed by atoms with E-state index in [4.69, 9.17) is 11.6 Å². The largest absolute Gasteiger partial charge is 0.368 e. The topological polar surface area (TPSA) is 24.9 Å². The van der Waals surface area contributed by atoms with Crippen LogP contribution in [0.1, 0.15) is 9.49 Å². The van der Waals surface area contributed by atoms with Gasteiger partial charge in [0.1, 0.15) is 5.82 Å². The van der Waals surface area contributed by atoms with E-state index in [9.17, 15) is 0 Å². The fourth-order valence-electron chi connectivity index (χ4n) is 1.18. The summed E-state index contributed by atoms with van der Waals surface area (Å²) in [6.07, 6.45) is 1.73. The highest BCUT2D eigenvalue weighted by Crippen LogP contribution is 2.38. The van der Waals surface area contributed by atoms with Crippen molar-refractivity contribution in [2.75, 3.05) is 11.9 Å². The van der Waals surface area contributed by atoms with E-state index in [1.807, 2.05) is 6.07 Å². The van der Waals surface area contributed by atoms with Crippen molar-refractivity contribution < 1.29 is 0 Å². The Morgan fingerprint density at radius 2 is 2.55 bits per heavy atom. The first kappa shape index (κ1) is 7.61. The minimum atomic E-state index is 0.462. The van der Waals surface area contributed by atoms with Gasteiger partial charge in [0.2, 0.25) is 0 Å². The van der Waals surface area contributed by atoms with Gasteiger partial charge in [-0.2, -0.15) is 0 Å². The van der Waals surface area contributed by atoms with Crippen LogP contribution in [0.3, 0.4) is 0 Å². The van der Waals surface area contributed by atoms with Crippen molar-refractivity contribution in [1.82, 2.24) is 4.98 Å². The molecule has 0 bridgehead atoms. The van der Waals surface area contributed by atoms with Crippen molar-refractivity contribution in [2.45, 2.75) is 3.92 Å². The van der Waals surface area contributed by atoms with E-state index in [1.165, 1.54) is 0 Å². The van der Waals surface area contributed by atoms with Crippen molar-refractivity contribution in [3.8, 4) is 0 Å². The molecule has 1 aromatic rings. The van der Waals surface area contributed by atoms with Gasteiger partial charge in [-0.15, -0.1) is 0 Å². The van der Waals surface area contributed by atoms with Gasteiger partial charge in [-0.3, -0.25) is 0 Å². The molecule has 2 rings (SSSR count). The van der Waals surface area contributed by atoms with Gasteiger partial charge in [0.25, 0.3) is 0 Å². The zero-order valence-corrected chi connectivity index (χ0v) is 8.56. The zero-order valence-electron chi connectivity index (χ0n) is 5.64. The molecule has 0 aromatic carbocycles. The van der Waals surface area contributed by atoms with Gasteiger partial charge in [0.05, 0.1) is 8.95 Å². The summed E-state index contributed by atoms with van der Waals surface area (Å²) in [6, 6.07) is 1.83. The lowest BCUT2D eigenvalue weighted by atomic mass is 10.2. The molecule has 0 radical (unpaired) electrons. The second kappa shape index (κ2) is 2.79. The fraction of sp³-hybridized carbons (Fsp3) is 0.286. The van der Waals surface area contributed by atoms with Crippen molar-refractivity contribution in [2.24, 2.45) is 0 Å². The first-order chi connectivity index (χ1) is 5.29. The molecule has 0 saturated carbocycles. The summed E-state index contributed by atoms with van der Waals surface area (Å²) in [5.41, 5.74) is 1.15. The van der Waals surface area contributed by atoms with E-state index in [0.717, 1.165) is 22.9 Å². The molecule has 4 heteroatoms. The molecule has 58 valence electrons. The predicted octanol–water partition coefficient (Wildman–Crippen LogP) is 2.64. The number of pyridine rings is 1. The first-order valence-corrected chi connectivity index (χ1v) is 4.94. The molecule has 0 fully saturated rings. The Kier molecular flexibility index (Phi) is 1.93. The van der Waals surface area contributed by atoms with Gasteiger partial charge >= 0.3 is 0 Å². The second-order valence-electron chi connectivity index (χ2n) is 2.40. The zero-order chi connectivity index (χ0) is 7.84. The molecule has 0 aliphatic carbocycles. The number of nitrogens with one attached hydrogen (secondary N) is 1. The van der Waals surface area contributed by atoms with Crippen molar-refractivity contribution in [1.29, 1.82) is 0 Å². The number of nitrogens with zero attached hydrogens (tertiary/aromatic N) is 1. The number of aromatic nitrogens is 1. The minimum Gasteiger partial charge on any atom is -0.368 e. The molecule has 0 spiro atoms. The van der Waals surface area contributed by atoms with Crippen LogP contribution in [0, 0.1) is 0 Å². The van der Waals surface area contributed by atoms with Gasteiger partial charge in [-0.05, 0) is 6.07 Å². The van der Waals surface area contributed by atoms with E-state index in [2.05, 4.69) is 32.9 Å². The lowest BCUT2D eigenvalue weighted by molar-refractivity contribution is 1.11. The van der Waals surface area contributed by atoms with Crippen molar-refractivity contribution in [3.05, 3.63) is 22.8 Å². The quantitative estimate of drug-likeness (QED) is 0.584. The highest BCUT2D eigenvalue weighted by Gasteiger charge is 2.22. The Balaban J connectivity index is 2.58. The van der Waals surface area contributed by atoms with Gasteiger partial charge in [0, 0.05) is 18.3 Å². The van der Waals surface area contributed by atoms with E-state index >= 15 is 0 Å². The summed E-state index contributed by atoms with van der Waals surface area (Å²) in [6.45, 7) is 0.937. The van der Waals surface area contributed by atoms with Gasteiger partial charge in [-0.25, -0.2) is 4.98 Å². The van der Waals surface area contributed by atoms with E-state index in [-0.39, 0.29) is 0 Å². The molecule has 1 N–H and O–H groups in total. The van der Waals surface area contributed by atoms with Crippen LogP contribution in [0.4, 0.5) is 5.82 Å². The molecule has 0 amide bonds. The monoisotopic (exact) mass is 280 g/mol. The molecule has 1 aliphatic heterocycles. The lowest BCUT2D eigenvalue weighted by Gasteiger charge is -2.01. The van der Waals surface area contributed by atoms with E-state index < -0.39 is 0 Å². The fourth-order valence-corrected chi connectivity index (χ4v) is 2.49.